The first kappa shape index (κ1) is 8.82. The van der Waals surface area contributed by atoms with Crippen molar-refractivity contribution < 1.29 is 4.42 Å². The van der Waals surface area contributed by atoms with Gasteiger partial charge in [0.15, 0.2) is 0 Å². The normalized spacial score (nSPS) is 29.1. The zero-order valence-corrected chi connectivity index (χ0v) is 8.39. The van der Waals surface area contributed by atoms with Crippen LogP contribution in [-0.2, 0) is 5.41 Å². The average Bonchev–Trinajstić information content (AvgIpc) is 2.54. The maximum atomic E-state index is 5.69. The van der Waals surface area contributed by atoms with Gasteiger partial charge in [-0.1, -0.05) is 6.92 Å². The minimum atomic E-state index is 0.215. The molecule has 72 valence electrons. The van der Waals surface area contributed by atoms with Gasteiger partial charge in [0.1, 0.15) is 11.5 Å². The van der Waals surface area contributed by atoms with E-state index in [2.05, 4.69) is 24.4 Å². The van der Waals surface area contributed by atoms with Crippen molar-refractivity contribution in [1.29, 1.82) is 0 Å². The molecule has 2 nitrogen and oxygen atoms in total. The van der Waals surface area contributed by atoms with E-state index in [1.807, 2.05) is 6.92 Å². The van der Waals surface area contributed by atoms with Gasteiger partial charge in [-0.15, -0.1) is 0 Å². The average molecular weight is 179 g/mol. The molecule has 1 atom stereocenters. The minimum absolute atomic E-state index is 0.215. The predicted octanol–water partition coefficient (Wildman–Crippen LogP) is 2.23. The second-order valence-electron chi connectivity index (χ2n) is 4.25. The molecule has 1 N–H and O–H groups in total. The van der Waals surface area contributed by atoms with Crippen molar-refractivity contribution in [2.45, 2.75) is 32.1 Å². The molecule has 1 unspecified atom stereocenters. The molecule has 2 heterocycles. The first-order chi connectivity index (χ1) is 6.21. The van der Waals surface area contributed by atoms with E-state index in [9.17, 15) is 0 Å². The van der Waals surface area contributed by atoms with Gasteiger partial charge in [0.2, 0.25) is 0 Å². The Morgan fingerprint density at radius 3 is 2.85 bits per heavy atom. The number of furan rings is 1. The Hall–Kier alpha value is -0.760. The molecule has 0 aromatic carbocycles. The van der Waals surface area contributed by atoms with E-state index in [0.717, 1.165) is 24.6 Å². The van der Waals surface area contributed by atoms with Crippen LogP contribution in [0.15, 0.2) is 16.5 Å². The van der Waals surface area contributed by atoms with E-state index in [-0.39, 0.29) is 5.41 Å². The summed E-state index contributed by atoms with van der Waals surface area (Å²) >= 11 is 0. The van der Waals surface area contributed by atoms with Gasteiger partial charge in [-0.05, 0) is 38.4 Å². The lowest BCUT2D eigenvalue weighted by Gasteiger charge is -2.32. The van der Waals surface area contributed by atoms with Crippen LogP contribution in [0.2, 0.25) is 0 Å². The molecule has 2 rings (SSSR count). The standard InChI is InChI=1S/C11H17NO/c1-9-4-5-10(13-9)11(2)6-3-7-12-8-11/h4-5,12H,3,6-8H2,1-2H3. The summed E-state index contributed by atoms with van der Waals surface area (Å²) in [6.45, 7) is 6.47. The van der Waals surface area contributed by atoms with E-state index in [4.69, 9.17) is 4.42 Å². The Morgan fingerprint density at radius 2 is 2.31 bits per heavy atom. The quantitative estimate of drug-likeness (QED) is 0.715. The number of hydrogen-bond donors (Lipinski definition) is 1. The number of hydrogen-bond acceptors (Lipinski definition) is 2. The molecule has 0 amide bonds. The van der Waals surface area contributed by atoms with Crippen LogP contribution < -0.4 is 5.32 Å². The fourth-order valence-corrected chi connectivity index (χ4v) is 2.03. The molecule has 0 saturated carbocycles. The third kappa shape index (κ3) is 1.63. The highest BCUT2D eigenvalue weighted by Crippen LogP contribution is 2.31. The van der Waals surface area contributed by atoms with E-state index in [1.54, 1.807) is 0 Å². The molecule has 0 bridgehead atoms. The molecule has 0 radical (unpaired) electrons. The van der Waals surface area contributed by atoms with Crippen LogP contribution in [0.4, 0.5) is 0 Å². The second kappa shape index (κ2) is 3.18. The van der Waals surface area contributed by atoms with E-state index < -0.39 is 0 Å². The van der Waals surface area contributed by atoms with Crippen LogP contribution in [0.5, 0.6) is 0 Å². The number of piperidine rings is 1. The summed E-state index contributed by atoms with van der Waals surface area (Å²) in [5.74, 6) is 2.15. The first-order valence-corrected chi connectivity index (χ1v) is 4.98. The summed E-state index contributed by atoms with van der Waals surface area (Å²) in [5, 5.41) is 3.42. The lowest BCUT2D eigenvalue weighted by molar-refractivity contribution is 0.279. The van der Waals surface area contributed by atoms with E-state index >= 15 is 0 Å². The number of aryl methyl sites for hydroxylation is 1. The van der Waals surface area contributed by atoms with Gasteiger partial charge in [0.05, 0.1) is 0 Å². The zero-order chi connectivity index (χ0) is 9.31. The highest BCUT2D eigenvalue weighted by Gasteiger charge is 2.31. The Labute approximate surface area is 79.3 Å². The van der Waals surface area contributed by atoms with Crippen molar-refractivity contribution in [1.82, 2.24) is 5.32 Å². The topological polar surface area (TPSA) is 25.2 Å². The highest BCUT2D eigenvalue weighted by molar-refractivity contribution is 5.17. The molecule has 1 fully saturated rings. The monoisotopic (exact) mass is 179 g/mol. The number of rotatable bonds is 1. The van der Waals surface area contributed by atoms with Gasteiger partial charge >= 0.3 is 0 Å². The summed E-state index contributed by atoms with van der Waals surface area (Å²) in [6, 6.07) is 4.16. The van der Waals surface area contributed by atoms with Crippen LogP contribution in [0.1, 0.15) is 31.3 Å². The smallest absolute Gasteiger partial charge is 0.111 e. The molecular weight excluding hydrogens is 162 g/mol. The highest BCUT2D eigenvalue weighted by atomic mass is 16.3. The molecule has 13 heavy (non-hydrogen) atoms. The molecule has 1 aromatic heterocycles. The maximum Gasteiger partial charge on any atom is 0.111 e. The number of nitrogens with one attached hydrogen (secondary N) is 1. The van der Waals surface area contributed by atoms with Gasteiger partial charge in [0.25, 0.3) is 0 Å². The van der Waals surface area contributed by atoms with Gasteiger partial charge in [-0.25, -0.2) is 0 Å². The molecule has 0 aliphatic carbocycles. The molecule has 1 aliphatic heterocycles. The van der Waals surface area contributed by atoms with E-state index in [1.165, 1.54) is 12.8 Å². The SMILES string of the molecule is Cc1ccc(C2(C)CCCNC2)o1. The van der Waals surface area contributed by atoms with Gasteiger partial charge in [0, 0.05) is 12.0 Å². The van der Waals surface area contributed by atoms with Crippen LogP contribution in [0.25, 0.3) is 0 Å². The van der Waals surface area contributed by atoms with Crippen LogP contribution in [0, 0.1) is 6.92 Å². The Balaban J connectivity index is 2.22. The van der Waals surface area contributed by atoms with Crippen molar-refractivity contribution in [3.05, 3.63) is 23.7 Å². The summed E-state index contributed by atoms with van der Waals surface area (Å²) in [6.07, 6.45) is 2.48. The second-order valence-corrected chi connectivity index (χ2v) is 4.25. The summed E-state index contributed by atoms with van der Waals surface area (Å²) < 4.78 is 5.69. The fraction of sp³-hybridized carbons (Fsp3) is 0.636. The van der Waals surface area contributed by atoms with Crippen LogP contribution >= 0.6 is 0 Å². The van der Waals surface area contributed by atoms with Crippen LogP contribution in [-0.4, -0.2) is 13.1 Å². The maximum absolute atomic E-state index is 5.69. The fourth-order valence-electron chi connectivity index (χ4n) is 2.03. The molecular formula is C11H17NO. The third-order valence-electron chi connectivity index (χ3n) is 2.93. The van der Waals surface area contributed by atoms with E-state index in [0.29, 0.717) is 0 Å². The largest absolute Gasteiger partial charge is 0.466 e. The van der Waals surface area contributed by atoms with Gasteiger partial charge < -0.3 is 9.73 Å². The predicted molar refractivity (Wildman–Crippen MR) is 52.9 cm³/mol. The summed E-state index contributed by atoms with van der Waals surface area (Å²) in [7, 11) is 0. The lowest BCUT2D eigenvalue weighted by atomic mass is 9.81. The van der Waals surface area contributed by atoms with Crippen molar-refractivity contribution in [2.75, 3.05) is 13.1 Å². The Kier molecular flexibility index (Phi) is 2.16. The Bertz CT molecular complexity index is 284. The van der Waals surface area contributed by atoms with Crippen LogP contribution in [0.3, 0.4) is 0 Å². The molecule has 2 heteroatoms. The molecule has 1 saturated heterocycles. The molecule has 1 aliphatic rings. The van der Waals surface area contributed by atoms with Gasteiger partial charge in [-0.2, -0.15) is 0 Å². The third-order valence-corrected chi connectivity index (χ3v) is 2.93. The summed E-state index contributed by atoms with van der Waals surface area (Å²) in [4.78, 5) is 0. The minimum Gasteiger partial charge on any atom is -0.466 e. The van der Waals surface area contributed by atoms with Crippen molar-refractivity contribution in [3.63, 3.8) is 0 Å². The van der Waals surface area contributed by atoms with Crippen molar-refractivity contribution >= 4 is 0 Å². The first-order valence-electron chi connectivity index (χ1n) is 4.98. The van der Waals surface area contributed by atoms with Crippen molar-refractivity contribution in [3.8, 4) is 0 Å². The zero-order valence-electron chi connectivity index (χ0n) is 8.39. The summed E-state index contributed by atoms with van der Waals surface area (Å²) in [5.41, 5.74) is 0.215. The molecule has 1 aromatic rings. The Morgan fingerprint density at radius 1 is 1.46 bits per heavy atom. The lowest BCUT2D eigenvalue weighted by Crippen LogP contribution is -2.40. The molecule has 0 spiro atoms. The van der Waals surface area contributed by atoms with Crippen molar-refractivity contribution in [2.24, 2.45) is 0 Å². The van der Waals surface area contributed by atoms with Gasteiger partial charge in [-0.3, -0.25) is 0 Å².